The van der Waals surface area contributed by atoms with E-state index in [1.807, 2.05) is 6.07 Å². The first-order valence-corrected chi connectivity index (χ1v) is 7.46. The molecule has 1 atom stereocenters. The van der Waals surface area contributed by atoms with Crippen LogP contribution in [0.4, 0.5) is 15.8 Å². The van der Waals surface area contributed by atoms with Crippen LogP contribution in [0, 0.1) is 23.1 Å². The first-order chi connectivity index (χ1) is 11.6. The molecule has 2 aromatic carbocycles. The second-order valence-electron chi connectivity index (χ2n) is 5.49. The highest BCUT2D eigenvalue weighted by Gasteiger charge is 2.37. The van der Waals surface area contributed by atoms with E-state index in [0.29, 0.717) is 29.9 Å². The Labute approximate surface area is 138 Å². The quantitative estimate of drug-likeness (QED) is 0.883. The molecule has 1 saturated heterocycles. The molecule has 1 unspecified atom stereocenters. The molecule has 1 aliphatic rings. The Kier molecular flexibility index (Phi) is 4.25. The number of carbonyl (C=O) groups excluding carboxylic acids is 2. The van der Waals surface area contributed by atoms with E-state index in [-0.39, 0.29) is 17.6 Å². The Morgan fingerprint density at radius 1 is 1.17 bits per heavy atom. The monoisotopic (exact) mass is 323 g/mol. The Morgan fingerprint density at radius 3 is 2.46 bits per heavy atom. The Hall–Kier alpha value is -3.20. The lowest BCUT2D eigenvalue weighted by Gasteiger charge is -2.16. The van der Waals surface area contributed by atoms with E-state index in [1.165, 1.54) is 29.2 Å². The van der Waals surface area contributed by atoms with Crippen LogP contribution in [0.3, 0.4) is 0 Å². The van der Waals surface area contributed by atoms with Crippen molar-refractivity contribution in [3.8, 4) is 6.07 Å². The maximum absolute atomic E-state index is 13.0. The van der Waals surface area contributed by atoms with Crippen molar-refractivity contribution in [2.75, 3.05) is 16.8 Å². The summed E-state index contributed by atoms with van der Waals surface area (Å²) in [4.78, 5) is 26.3. The van der Waals surface area contributed by atoms with Crippen molar-refractivity contribution in [3.63, 3.8) is 0 Å². The average molecular weight is 323 g/mol. The molecule has 24 heavy (non-hydrogen) atoms. The van der Waals surface area contributed by atoms with Crippen molar-refractivity contribution < 1.29 is 14.0 Å². The summed E-state index contributed by atoms with van der Waals surface area (Å²) >= 11 is 0. The molecule has 1 aliphatic heterocycles. The second-order valence-corrected chi connectivity index (χ2v) is 5.49. The van der Waals surface area contributed by atoms with Gasteiger partial charge in [0.2, 0.25) is 11.8 Å². The summed E-state index contributed by atoms with van der Waals surface area (Å²) in [6, 6.07) is 14.0. The fraction of sp³-hybridized carbons (Fsp3) is 0.167. The summed E-state index contributed by atoms with van der Waals surface area (Å²) in [5.74, 6) is -1.83. The first kappa shape index (κ1) is 15.7. The molecule has 5 nitrogen and oxygen atoms in total. The lowest BCUT2D eigenvalue weighted by Crippen LogP contribution is -2.33. The largest absolute Gasteiger partial charge is 0.325 e. The molecular formula is C18H14FN3O2. The van der Waals surface area contributed by atoms with Gasteiger partial charge in [-0.25, -0.2) is 4.39 Å². The number of hydrogen-bond acceptors (Lipinski definition) is 3. The number of halogens is 1. The van der Waals surface area contributed by atoms with Gasteiger partial charge in [0, 0.05) is 17.9 Å². The summed E-state index contributed by atoms with van der Waals surface area (Å²) in [5.41, 5.74) is 1.61. The molecule has 0 saturated carbocycles. The molecule has 1 N–H and O–H groups in total. The summed E-state index contributed by atoms with van der Waals surface area (Å²) in [6.07, 6.45) is 0.401. The lowest BCUT2D eigenvalue weighted by molar-refractivity contribution is -0.129. The number of benzene rings is 2. The molecule has 2 aromatic rings. The molecule has 3 rings (SSSR count). The average Bonchev–Trinajstić information content (AvgIpc) is 2.98. The lowest BCUT2D eigenvalue weighted by atomic mass is 10.1. The molecule has 6 heteroatoms. The number of anilines is 2. The molecule has 1 fully saturated rings. The maximum Gasteiger partial charge on any atom is 0.239 e. The number of amides is 2. The van der Waals surface area contributed by atoms with Crippen molar-refractivity contribution in [2.45, 2.75) is 6.42 Å². The number of carbonyl (C=O) groups is 2. The zero-order valence-corrected chi connectivity index (χ0v) is 12.7. The number of nitrogens with one attached hydrogen (secondary N) is 1. The van der Waals surface area contributed by atoms with Gasteiger partial charge in [0.25, 0.3) is 0 Å². The SMILES string of the molecule is N#Cc1ccc(NC(=O)C2CCN(c3ccc(F)cc3)C2=O)cc1. The Balaban J connectivity index is 1.69. The smallest absolute Gasteiger partial charge is 0.239 e. The number of rotatable bonds is 3. The molecule has 120 valence electrons. The molecule has 2 amide bonds. The Bertz CT molecular complexity index is 810. The van der Waals surface area contributed by atoms with E-state index < -0.39 is 5.92 Å². The fourth-order valence-corrected chi connectivity index (χ4v) is 2.66. The van der Waals surface area contributed by atoms with Gasteiger partial charge >= 0.3 is 0 Å². The zero-order chi connectivity index (χ0) is 17.1. The highest BCUT2D eigenvalue weighted by atomic mass is 19.1. The van der Waals surface area contributed by atoms with E-state index in [1.54, 1.807) is 24.3 Å². The van der Waals surface area contributed by atoms with Gasteiger partial charge in [-0.1, -0.05) is 0 Å². The third-order valence-electron chi connectivity index (χ3n) is 3.94. The van der Waals surface area contributed by atoms with Gasteiger partial charge in [-0.15, -0.1) is 0 Å². The van der Waals surface area contributed by atoms with Crippen LogP contribution in [0.25, 0.3) is 0 Å². The van der Waals surface area contributed by atoms with E-state index in [9.17, 15) is 14.0 Å². The van der Waals surface area contributed by atoms with Crippen LogP contribution in [0.2, 0.25) is 0 Å². The van der Waals surface area contributed by atoms with E-state index in [0.717, 1.165) is 0 Å². The van der Waals surface area contributed by atoms with Crippen LogP contribution < -0.4 is 10.2 Å². The summed E-state index contributed by atoms with van der Waals surface area (Å²) < 4.78 is 13.0. The van der Waals surface area contributed by atoms with Gasteiger partial charge in [0.1, 0.15) is 11.7 Å². The number of nitrogens with zero attached hydrogens (tertiary/aromatic N) is 2. The highest BCUT2D eigenvalue weighted by Crippen LogP contribution is 2.26. The Morgan fingerprint density at radius 2 is 1.83 bits per heavy atom. The van der Waals surface area contributed by atoms with Crippen molar-refractivity contribution >= 4 is 23.2 Å². The van der Waals surface area contributed by atoms with Crippen LogP contribution in [0.15, 0.2) is 48.5 Å². The van der Waals surface area contributed by atoms with Crippen molar-refractivity contribution in [1.29, 1.82) is 5.26 Å². The van der Waals surface area contributed by atoms with Gasteiger partial charge in [-0.05, 0) is 55.0 Å². The van der Waals surface area contributed by atoms with Gasteiger partial charge < -0.3 is 10.2 Å². The minimum Gasteiger partial charge on any atom is -0.325 e. The highest BCUT2D eigenvalue weighted by molar-refractivity contribution is 6.13. The van der Waals surface area contributed by atoms with Gasteiger partial charge in [0.05, 0.1) is 11.6 Å². The molecule has 0 radical (unpaired) electrons. The van der Waals surface area contributed by atoms with Crippen molar-refractivity contribution in [3.05, 3.63) is 59.9 Å². The van der Waals surface area contributed by atoms with E-state index >= 15 is 0 Å². The zero-order valence-electron chi connectivity index (χ0n) is 12.7. The minimum absolute atomic E-state index is 0.298. The van der Waals surface area contributed by atoms with E-state index in [4.69, 9.17) is 5.26 Å². The first-order valence-electron chi connectivity index (χ1n) is 7.46. The molecule has 1 heterocycles. The summed E-state index contributed by atoms with van der Waals surface area (Å²) in [6.45, 7) is 0.413. The molecular weight excluding hydrogens is 309 g/mol. The van der Waals surface area contributed by atoms with Gasteiger partial charge in [0.15, 0.2) is 0 Å². The van der Waals surface area contributed by atoms with Gasteiger partial charge in [-0.3, -0.25) is 9.59 Å². The van der Waals surface area contributed by atoms with E-state index in [2.05, 4.69) is 5.32 Å². The molecule has 0 aliphatic carbocycles. The third-order valence-corrected chi connectivity index (χ3v) is 3.94. The maximum atomic E-state index is 13.0. The summed E-state index contributed by atoms with van der Waals surface area (Å²) in [5, 5.41) is 11.5. The number of hydrogen-bond donors (Lipinski definition) is 1. The minimum atomic E-state index is -0.773. The topological polar surface area (TPSA) is 73.2 Å². The summed E-state index contributed by atoms with van der Waals surface area (Å²) in [7, 11) is 0. The standard InChI is InChI=1S/C18H14FN3O2/c19-13-3-7-15(8-4-13)22-10-9-16(18(22)24)17(23)21-14-5-1-12(11-20)2-6-14/h1-8,16H,9-10H2,(H,21,23). The van der Waals surface area contributed by atoms with Crippen LogP contribution in [-0.4, -0.2) is 18.4 Å². The molecule has 0 spiro atoms. The van der Waals surface area contributed by atoms with Crippen molar-refractivity contribution in [2.24, 2.45) is 5.92 Å². The predicted octanol–water partition coefficient (Wildman–Crippen LogP) is 2.69. The fourth-order valence-electron chi connectivity index (χ4n) is 2.66. The van der Waals surface area contributed by atoms with Crippen LogP contribution in [-0.2, 0) is 9.59 Å². The van der Waals surface area contributed by atoms with Gasteiger partial charge in [-0.2, -0.15) is 5.26 Å². The molecule has 0 bridgehead atoms. The van der Waals surface area contributed by atoms with Crippen LogP contribution >= 0.6 is 0 Å². The second kappa shape index (κ2) is 6.50. The van der Waals surface area contributed by atoms with Crippen LogP contribution in [0.1, 0.15) is 12.0 Å². The number of nitriles is 1. The molecule has 0 aromatic heterocycles. The normalized spacial score (nSPS) is 16.8. The van der Waals surface area contributed by atoms with Crippen LogP contribution in [0.5, 0.6) is 0 Å². The predicted molar refractivity (Wildman–Crippen MR) is 86.6 cm³/mol. The van der Waals surface area contributed by atoms with Crippen molar-refractivity contribution in [1.82, 2.24) is 0 Å². The third kappa shape index (κ3) is 3.10.